The first-order valence-electron chi connectivity index (χ1n) is 7.11. The van der Waals surface area contributed by atoms with Crippen LogP contribution in [0.15, 0.2) is 47.1 Å². The molecule has 0 fully saturated rings. The minimum Gasteiger partial charge on any atom is -0.467 e. The third-order valence-corrected chi connectivity index (χ3v) is 3.38. The summed E-state index contributed by atoms with van der Waals surface area (Å²) in [6.45, 7) is 3.22. The molecule has 0 aliphatic heterocycles. The average Bonchev–Trinajstić information content (AvgIpc) is 3.01. The van der Waals surface area contributed by atoms with Gasteiger partial charge in [-0.25, -0.2) is 0 Å². The minimum absolute atomic E-state index is 0.158. The van der Waals surface area contributed by atoms with E-state index < -0.39 is 6.10 Å². The lowest BCUT2D eigenvalue weighted by Crippen LogP contribution is -2.34. The highest BCUT2D eigenvalue weighted by Gasteiger charge is 2.19. The van der Waals surface area contributed by atoms with Crippen LogP contribution in [0.5, 0.6) is 0 Å². The number of furan rings is 1. The molecule has 1 heterocycles. The summed E-state index contributed by atoms with van der Waals surface area (Å²) in [4.78, 5) is 23.8. The van der Waals surface area contributed by atoms with Crippen LogP contribution in [0.25, 0.3) is 0 Å². The first kappa shape index (κ1) is 16.0. The van der Waals surface area contributed by atoms with Gasteiger partial charge in [-0.05, 0) is 32.0 Å². The summed E-state index contributed by atoms with van der Waals surface area (Å²) in [6.07, 6.45) is 1.03. The second-order valence-electron chi connectivity index (χ2n) is 5.24. The van der Waals surface area contributed by atoms with Crippen molar-refractivity contribution in [3.05, 3.63) is 59.5 Å². The van der Waals surface area contributed by atoms with Crippen molar-refractivity contribution in [1.29, 1.82) is 0 Å². The van der Waals surface area contributed by atoms with Crippen LogP contribution in [0.4, 0.5) is 0 Å². The lowest BCUT2D eigenvalue weighted by atomic mass is 10.0. The van der Waals surface area contributed by atoms with Crippen molar-refractivity contribution in [2.75, 3.05) is 0 Å². The Bertz CT molecular complexity index is 648. The third kappa shape index (κ3) is 3.83. The van der Waals surface area contributed by atoms with E-state index in [4.69, 9.17) is 4.42 Å². The smallest absolute Gasteiger partial charge is 0.252 e. The van der Waals surface area contributed by atoms with Crippen molar-refractivity contribution < 1.29 is 19.1 Å². The van der Waals surface area contributed by atoms with Crippen LogP contribution in [0.2, 0.25) is 0 Å². The van der Waals surface area contributed by atoms with Crippen molar-refractivity contribution in [2.24, 2.45) is 0 Å². The third-order valence-electron chi connectivity index (χ3n) is 3.38. The van der Waals surface area contributed by atoms with E-state index in [9.17, 15) is 14.7 Å². The van der Waals surface area contributed by atoms with Crippen LogP contribution in [0.3, 0.4) is 0 Å². The zero-order valence-corrected chi connectivity index (χ0v) is 12.6. The van der Waals surface area contributed by atoms with Gasteiger partial charge in [0.05, 0.1) is 11.8 Å². The summed E-state index contributed by atoms with van der Waals surface area (Å²) in [7, 11) is 0. The Kier molecular flexibility index (Phi) is 5.12. The van der Waals surface area contributed by atoms with E-state index in [1.807, 2.05) is 0 Å². The van der Waals surface area contributed by atoms with Crippen LogP contribution in [-0.4, -0.2) is 22.8 Å². The fourth-order valence-electron chi connectivity index (χ4n) is 2.28. The molecule has 0 radical (unpaired) electrons. The van der Waals surface area contributed by atoms with Crippen LogP contribution < -0.4 is 5.32 Å². The van der Waals surface area contributed by atoms with Crippen LogP contribution in [0.1, 0.15) is 52.8 Å². The number of carbonyl (C=O) groups is 2. The molecule has 1 amide bonds. The Morgan fingerprint density at radius 1 is 1.18 bits per heavy atom. The summed E-state index contributed by atoms with van der Waals surface area (Å²) in [6, 6.07) is 9.78. The Balaban J connectivity index is 2.01. The molecule has 0 spiro atoms. The maximum atomic E-state index is 12.3. The predicted octanol–water partition coefficient (Wildman–Crippen LogP) is 2.72. The van der Waals surface area contributed by atoms with E-state index in [0.717, 1.165) is 0 Å². The normalized spacial score (nSPS) is 13.4. The topological polar surface area (TPSA) is 79.5 Å². The van der Waals surface area contributed by atoms with Gasteiger partial charge in [-0.3, -0.25) is 9.59 Å². The molecule has 116 valence electrons. The summed E-state index contributed by atoms with van der Waals surface area (Å²) < 4.78 is 5.13. The van der Waals surface area contributed by atoms with E-state index in [2.05, 4.69) is 5.32 Å². The molecule has 0 aliphatic carbocycles. The van der Waals surface area contributed by atoms with E-state index in [-0.39, 0.29) is 17.7 Å². The van der Waals surface area contributed by atoms with Gasteiger partial charge in [0, 0.05) is 18.0 Å². The van der Waals surface area contributed by atoms with Crippen molar-refractivity contribution in [3.63, 3.8) is 0 Å². The van der Waals surface area contributed by atoms with E-state index >= 15 is 0 Å². The number of aliphatic hydroxyl groups is 1. The molecule has 5 heteroatoms. The molecule has 0 saturated carbocycles. The molecule has 0 saturated heterocycles. The minimum atomic E-state index is -0.784. The number of ketones is 1. The van der Waals surface area contributed by atoms with Gasteiger partial charge >= 0.3 is 0 Å². The quantitative estimate of drug-likeness (QED) is 0.804. The highest BCUT2D eigenvalue weighted by molar-refractivity contribution is 6.07. The summed E-state index contributed by atoms with van der Waals surface area (Å²) in [5.74, 6) is -0.0239. The molecule has 2 aromatic rings. The maximum absolute atomic E-state index is 12.3. The number of carbonyl (C=O) groups excluding carboxylic acids is 2. The molecule has 0 aliphatic rings. The van der Waals surface area contributed by atoms with Gasteiger partial charge in [0.25, 0.3) is 5.91 Å². The average molecular weight is 301 g/mol. The van der Waals surface area contributed by atoms with Crippen molar-refractivity contribution in [3.8, 4) is 0 Å². The number of rotatable bonds is 6. The van der Waals surface area contributed by atoms with Gasteiger partial charge in [-0.1, -0.05) is 18.2 Å². The molecule has 2 rings (SSSR count). The first-order chi connectivity index (χ1) is 10.5. The molecular weight excluding hydrogens is 282 g/mol. The standard InChI is InChI=1S/C17H19NO4/c1-11(10-15(20)16-8-5-9-22-16)18-17(21)14-7-4-3-6-13(14)12(2)19/h3-9,11,15,20H,10H2,1-2H3,(H,18,21). The number of amides is 1. The molecule has 2 unspecified atom stereocenters. The second-order valence-corrected chi connectivity index (χ2v) is 5.24. The summed E-state index contributed by atoms with van der Waals surface area (Å²) in [5, 5.41) is 12.8. The lowest BCUT2D eigenvalue weighted by Gasteiger charge is -2.17. The van der Waals surface area contributed by atoms with Gasteiger partial charge < -0.3 is 14.8 Å². The number of hydrogen-bond acceptors (Lipinski definition) is 4. The summed E-state index contributed by atoms with van der Waals surface area (Å²) in [5.41, 5.74) is 0.730. The Morgan fingerprint density at radius 3 is 2.45 bits per heavy atom. The van der Waals surface area contributed by atoms with E-state index in [0.29, 0.717) is 23.3 Å². The molecule has 0 bridgehead atoms. The molecule has 2 N–H and O–H groups in total. The highest BCUT2D eigenvalue weighted by atomic mass is 16.4. The number of hydrogen-bond donors (Lipinski definition) is 2. The fraction of sp³-hybridized carbons (Fsp3) is 0.294. The Morgan fingerprint density at radius 2 is 1.86 bits per heavy atom. The maximum Gasteiger partial charge on any atom is 0.252 e. The number of Topliss-reactive ketones (excluding diaryl/α,β-unsaturated/α-hetero) is 1. The Labute approximate surface area is 129 Å². The number of nitrogens with one attached hydrogen (secondary N) is 1. The molecule has 1 aromatic heterocycles. The van der Waals surface area contributed by atoms with E-state index in [1.54, 1.807) is 43.3 Å². The Hall–Kier alpha value is -2.40. The van der Waals surface area contributed by atoms with Crippen LogP contribution >= 0.6 is 0 Å². The van der Waals surface area contributed by atoms with Gasteiger partial charge in [0.2, 0.25) is 0 Å². The predicted molar refractivity (Wildman–Crippen MR) is 81.7 cm³/mol. The highest BCUT2D eigenvalue weighted by Crippen LogP contribution is 2.19. The molecule has 1 aromatic carbocycles. The zero-order chi connectivity index (χ0) is 16.1. The van der Waals surface area contributed by atoms with Gasteiger partial charge in [0.15, 0.2) is 5.78 Å². The monoisotopic (exact) mass is 301 g/mol. The van der Waals surface area contributed by atoms with Gasteiger partial charge in [-0.2, -0.15) is 0 Å². The lowest BCUT2D eigenvalue weighted by molar-refractivity contribution is 0.0893. The van der Waals surface area contributed by atoms with Crippen LogP contribution in [0, 0.1) is 0 Å². The molecular formula is C17H19NO4. The van der Waals surface area contributed by atoms with Gasteiger partial charge in [0.1, 0.15) is 11.9 Å². The number of aliphatic hydroxyl groups excluding tert-OH is 1. The fourth-order valence-corrected chi connectivity index (χ4v) is 2.28. The SMILES string of the molecule is CC(=O)c1ccccc1C(=O)NC(C)CC(O)c1ccco1. The van der Waals surface area contributed by atoms with Crippen molar-refractivity contribution >= 4 is 11.7 Å². The van der Waals surface area contributed by atoms with Crippen molar-refractivity contribution in [1.82, 2.24) is 5.32 Å². The van der Waals surface area contributed by atoms with Crippen LogP contribution in [-0.2, 0) is 0 Å². The van der Waals surface area contributed by atoms with E-state index in [1.165, 1.54) is 13.2 Å². The van der Waals surface area contributed by atoms with Gasteiger partial charge in [-0.15, -0.1) is 0 Å². The molecule has 22 heavy (non-hydrogen) atoms. The largest absolute Gasteiger partial charge is 0.467 e. The first-order valence-corrected chi connectivity index (χ1v) is 7.11. The molecule has 2 atom stereocenters. The number of benzene rings is 1. The zero-order valence-electron chi connectivity index (χ0n) is 12.6. The van der Waals surface area contributed by atoms with Crippen molar-refractivity contribution in [2.45, 2.75) is 32.4 Å². The second kappa shape index (κ2) is 7.04. The summed E-state index contributed by atoms with van der Waals surface area (Å²) >= 11 is 0. The molecule has 5 nitrogen and oxygen atoms in total.